The minimum absolute atomic E-state index is 0.253. The number of rotatable bonds is 5. The number of nitrogen functional groups attached to an aromatic ring is 1. The van der Waals surface area contributed by atoms with Crippen molar-refractivity contribution in [1.82, 2.24) is 19.9 Å². The highest BCUT2D eigenvalue weighted by atomic mass is 16.5. The van der Waals surface area contributed by atoms with Crippen molar-refractivity contribution in [2.24, 2.45) is 0 Å². The molecule has 22 heavy (non-hydrogen) atoms. The molecule has 4 N–H and O–H groups in total. The number of hydrogen-bond donors (Lipinski definition) is 3. The number of piperazine rings is 1. The Kier molecular flexibility index (Phi) is 4.91. The van der Waals surface area contributed by atoms with E-state index in [2.05, 4.69) is 37.7 Å². The zero-order chi connectivity index (χ0) is 15.4. The number of anilines is 3. The van der Waals surface area contributed by atoms with Crippen LogP contribution in [0, 0.1) is 0 Å². The molecule has 1 aromatic heterocycles. The summed E-state index contributed by atoms with van der Waals surface area (Å²) < 4.78 is 5.60. The molecule has 2 fully saturated rings. The van der Waals surface area contributed by atoms with E-state index in [-0.39, 0.29) is 6.10 Å². The maximum Gasteiger partial charge on any atom is 0.169 e. The fraction of sp³-hybridized carbons (Fsp3) is 0.714. The molecule has 1 aromatic rings. The van der Waals surface area contributed by atoms with Crippen LogP contribution in [0.1, 0.15) is 12.8 Å². The second kappa shape index (κ2) is 7.08. The van der Waals surface area contributed by atoms with Crippen molar-refractivity contribution in [2.45, 2.75) is 18.9 Å². The van der Waals surface area contributed by atoms with Crippen molar-refractivity contribution in [1.29, 1.82) is 0 Å². The molecule has 0 bridgehead atoms. The summed E-state index contributed by atoms with van der Waals surface area (Å²) in [5.41, 5.74) is 10.0. The Morgan fingerprint density at radius 3 is 2.77 bits per heavy atom. The molecule has 8 nitrogen and oxygen atoms in total. The highest BCUT2D eigenvalue weighted by Gasteiger charge is 2.18. The summed E-state index contributed by atoms with van der Waals surface area (Å²) in [5.74, 6) is 1.33. The Morgan fingerprint density at radius 1 is 1.27 bits per heavy atom. The molecule has 122 valence electrons. The molecule has 2 saturated heterocycles. The smallest absolute Gasteiger partial charge is 0.169 e. The maximum absolute atomic E-state index is 6.18. The van der Waals surface area contributed by atoms with Gasteiger partial charge in [0.05, 0.1) is 6.10 Å². The zero-order valence-corrected chi connectivity index (χ0v) is 13.1. The van der Waals surface area contributed by atoms with E-state index < -0.39 is 0 Å². The van der Waals surface area contributed by atoms with E-state index in [1.54, 1.807) is 0 Å². The molecule has 0 radical (unpaired) electrons. The van der Waals surface area contributed by atoms with Crippen LogP contribution in [0.15, 0.2) is 6.33 Å². The van der Waals surface area contributed by atoms with Crippen molar-refractivity contribution in [3.63, 3.8) is 0 Å². The molecule has 3 rings (SSSR count). The Bertz CT molecular complexity index is 484. The predicted molar refractivity (Wildman–Crippen MR) is 86.6 cm³/mol. The number of ether oxygens (including phenoxy) is 1. The van der Waals surface area contributed by atoms with Crippen LogP contribution in [0.4, 0.5) is 17.3 Å². The summed E-state index contributed by atoms with van der Waals surface area (Å²) in [6.07, 6.45) is 4.00. The number of nitrogens with one attached hydrogen (secondary N) is 2. The first-order valence-electron chi connectivity index (χ1n) is 7.88. The van der Waals surface area contributed by atoms with E-state index in [1.807, 2.05) is 0 Å². The summed E-state index contributed by atoms with van der Waals surface area (Å²) in [5, 5.41) is 5.41. The van der Waals surface area contributed by atoms with E-state index in [0.29, 0.717) is 17.3 Å². The molecule has 0 spiro atoms. The molecule has 1 atom stereocenters. The standard InChI is InChI=1S/C14H25N7O/c1-20-4-6-21(7-5-20)19-14-12(15)13(17-10-18-14)16-9-11-3-2-8-22-11/h10-11H,2-9,15H2,1H3,(H2,16,17,18,19). The van der Waals surface area contributed by atoms with Crippen LogP contribution in [-0.4, -0.2) is 72.4 Å². The van der Waals surface area contributed by atoms with Gasteiger partial charge in [0.2, 0.25) is 0 Å². The van der Waals surface area contributed by atoms with Crippen molar-refractivity contribution in [2.75, 3.05) is 62.9 Å². The normalized spacial score (nSPS) is 23.6. The van der Waals surface area contributed by atoms with Crippen LogP contribution in [0.5, 0.6) is 0 Å². The lowest BCUT2D eigenvalue weighted by Crippen LogP contribution is -2.47. The van der Waals surface area contributed by atoms with Gasteiger partial charge in [-0.3, -0.25) is 0 Å². The van der Waals surface area contributed by atoms with Gasteiger partial charge in [0, 0.05) is 39.3 Å². The lowest BCUT2D eigenvalue weighted by atomic mass is 10.2. The largest absolute Gasteiger partial charge is 0.393 e. The molecule has 8 heteroatoms. The minimum atomic E-state index is 0.253. The summed E-state index contributed by atoms with van der Waals surface area (Å²) >= 11 is 0. The quantitative estimate of drug-likeness (QED) is 0.712. The van der Waals surface area contributed by atoms with Crippen molar-refractivity contribution >= 4 is 17.3 Å². The minimum Gasteiger partial charge on any atom is -0.393 e. The third-order valence-electron chi connectivity index (χ3n) is 4.17. The molecule has 0 aromatic carbocycles. The highest BCUT2D eigenvalue weighted by Crippen LogP contribution is 2.23. The van der Waals surface area contributed by atoms with Crippen molar-refractivity contribution in [3.8, 4) is 0 Å². The topological polar surface area (TPSA) is 91.6 Å². The molecular weight excluding hydrogens is 282 g/mol. The molecule has 3 heterocycles. The first kappa shape index (κ1) is 15.3. The van der Waals surface area contributed by atoms with Crippen LogP contribution < -0.4 is 16.5 Å². The number of nitrogens with two attached hydrogens (primary N) is 1. The summed E-state index contributed by atoms with van der Waals surface area (Å²) in [7, 11) is 2.13. The van der Waals surface area contributed by atoms with E-state index >= 15 is 0 Å². The lowest BCUT2D eigenvalue weighted by molar-refractivity contribution is 0.120. The fourth-order valence-corrected chi connectivity index (χ4v) is 2.71. The third kappa shape index (κ3) is 3.76. The second-order valence-corrected chi connectivity index (χ2v) is 5.90. The Morgan fingerprint density at radius 2 is 2.05 bits per heavy atom. The molecule has 2 aliphatic heterocycles. The SMILES string of the molecule is CN1CCN(Nc2ncnc(NCC3CCCO3)c2N)CC1. The number of aromatic nitrogens is 2. The molecule has 0 saturated carbocycles. The van der Waals surface area contributed by atoms with Crippen molar-refractivity contribution < 1.29 is 4.74 Å². The molecular formula is C14H25N7O. The van der Waals surface area contributed by atoms with Gasteiger partial charge >= 0.3 is 0 Å². The first-order chi connectivity index (χ1) is 10.7. The molecule has 1 unspecified atom stereocenters. The van der Waals surface area contributed by atoms with Gasteiger partial charge in [-0.05, 0) is 19.9 Å². The molecule has 0 aliphatic carbocycles. The van der Waals surface area contributed by atoms with Crippen LogP contribution >= 0.6 is 0 Å². The first-order valence-corrected chi connectivity index (χ1v) is 7.88. The van der Waals surface area contributed by atoms with Gasteiger partial charge in [0.25, 0.3) is 0 Å². The summed E-state index contributed by atoms with van der Waals surface area (Å²) in [6, 6.07) is 0. The monoisotopic (exact) mass is 307 g/mol. The fourth-order valence-electron chi connectivity index (χ4n) is 2.71. The molecule has 2 aliphatic rings. The van der Waals surface area contributed by atoms with Gasteiger partial charge in [-0.15, -0.1) is 0 Å². The maximum atomic E-state index is 6.18. The number of hydrogen-bond acceptors (Lipinski definition) is 8. The number of nitrogens with zero attached hydrogens (tertiary/aromatic N) is 4. The average molecular weight is 307 g/mol. The number of hydrazine groups is 1. The second-order valence-electron chi connectivity index (χ2n) is 5.90. The van der Waals surface area contributed by atoms with E-state index in [9.17, 15) is 0 Å². The van der Waals surface area contributed by atoms with Crippen LogP contribution in [0.3, 0.4) is 0 Å². The molecule has 0 amide bonds. The van der Waals surface area contributed by atoms with Crippen LogP contribution in [-0.2, 0) is 4.74 Å². The van der Waals surface area contributed by atoms with E-state index in [1.165, 1.54) is 6.33 Å². The predicted octanol–water partition coefficient (Wildman–Crippen LogP) is 0.224. The number of likely N-dealkylation sites (N-methyl/N-ethyl adjacent to an activating group) is 1. The summed E-state index contributed by atoms with van der Waals surface area (Å²) in [4.78, 5) is 10.8. The van der Waals surface area contributed by atoms with Gasteiger partial charge in [0.15, 0.2) is 11.6 Å². The van der Waals surface area contributed by atoms with E-state index in [0.717, 1.165) is 52.2 Å². The zero-order valence-electron chi connectivity index (χ0n) is 13.1. The Balaban J connectivity index is 1.58. The van der Waals surface area contributed by atoms with Gasteiger partial charge in [-0.25, -0.2) is 15.0 Å². The van der Waals surface area contributed by atoms with Crippen LogP contribution in [0.25, 0.3) is 0 Å². The third-order valence-corrected chi connectivity index (χ3v) is 4.17. The van der Waals surface area contributed by atoms with Crippen molar-refractivity contribution in [3.05, 3.63) is 6.33 Å². The van der Waals surface area contributed by atoms with Crippen LogP contribution in [0.2, 0.25) is 0 Å². The highest BCUT2D eigenvalue weighted by molar-refractivity contribution is 5.73. The van der Waals surface area contributed by atoms with Gasteiger partial charge in [-0.2, -0.15) is 0 Å². The Labute approximate surface area is 131 Å². The Hall–Kier alpha value is -1.64. The average Bonchev–Trinajstić information content (AvgIpc) is 3.04. The van der Waals surface area contributed by atoms with E-state index in [4.69, 9.17) is 10.5 Å². The van der Waals surface area contributed by atoms with Gasteiger partial charge in [-0.1, -0.05) is 0 Å². The van der Waals surface area contributed by atoms with Gasteiger partial charge in [0.1, 0.15) is 12.0 Å². The summed E-state index contributed by atoms with van der Waals surface area (Å²) in [6.45, 7) is 5.53. The lowest BCUT2D eigenvalue weighted by Gasteiger charge is -2.33. The van der Waals surface area contributed by atoms with Gasteiger partial charge < -0.3 is 26.1 Å².